The molecule has 254 valence electrons. The predicted octanol–water partition coefficient (Wildman–Crippen LogP) is 13.6. The molecule has 1 spiro atoms. The van der Waals surface area contributed by atoms with Crippen LogP contribution in [0.15, 0.2) is 206 Å². The average Bonchev–Trinajstić information content (AvgIpc) is 3.46. The van der Waals surface area contributed by atoms with Gasteiger partial charge in [0.2, 0.25) is 0 Å². The van der Waals surface area contributed by atoms with Gasteiger partial charge in [-0.25, -0.2) is 0 Å². The second kappa shape index (κ2) is 13.2. The molecule has 0 N–H and O–H groups in total. The van der Waals surface area contributed by atoms with Gasteiger partial charge in [0.25, 0.3) is 0 Å². The van der Waals surface area contributed by atoms with Crippen LogP contribution in [-0.4, -0.2) is 0 Å². The Morgan fingerprint density at radius 3 is 1.35 bits per heavy atom. The lowest BCUT2D eigenvalue weighted by Gasteiger charge is -2.36. The summed E-state index contributed by atoms with van der Waals surface area (Å²) in [5, 5.41) is 0. The lowest BCUT2D eigenvalue weighted by Crippen LogP contribution is -2.30. The summed E-state index contributed by atoms with van der Waals surface area (Å²) in [5.41, 5.74) is 17.8. The summed E-state index contributed by atoms with van der Waals surface area (Å²) in [6.45, 7) is 0. The molecule has 0 heterocycles. The van der Waals surface area contributed by atoms with Gasteiger partial charge in [0.15, 0.2) is 0 Å². The Morgan fingerprint density at radius 2 is 0.815 bits per heavy atom. The van der Waals surface area contributed by atoms with E-state index in [1.54, 1.807) is 0 Å². The maximum Gasteiger partial charge on any atom is 0.0726 e. The maximum atomic E-state index is 2.46. The molecule has 0 radical (unpaired) electrons. The number of fused-ring (bicyclic) bond motifs is 9. The van der Waals surface area contributed by atoms with Crippen molar-refractivity contribution in [1.82, 2.24) is 0 Å². The Morgan fingerprint density at radius 1 is 0.370 bits per heavy atom. The third-order valence-corrected chi connectivity index (χ3v) is 11.1. The summed E-state index contributed by atoms with van der Waals surface area (Å²) in [5.74, 6) is 0. The van der Waals surface area contributed by atoms with E-state index in [4.69, 9.17) is 0 Å². The van der Waals surface area contributed by atoms with Gasteiger partial charge >= 0.3 is 0 Å². The Kier molecular flexibility index (Phi) is 7.78. The zero-order chi connectivity index (χ0) is 35.9. The number of para-hydroxylation sites is 2. The fourth-order valence-corrected chi connectivity index (χ4v) is 8.76. The fraction of sp³-hybridized carbons (Fsp3) is 0.0189. The molecular formula is C53H37N. The fourth-order valence-electron chi connectivity index (χ4n) is 8.76. The van der Waals surface area contributed by atoms with Crippen molar-refractivity contribution in [3.8, 4) is 11.1 Å². The van der Waals surface area contributed by atoms with Gasteiger partial charge in [0, 0.05) is 17.1 Å². The summed E-state index contributed by atoms with van der Waals surface area (Å²) in [7, 11) is 0. The molecule has 8 aromatic carbocycles. The van der Waals surface area contributed by atoms with Crippen molar-refractivity contribution in [2.24, 2.45) is 0 Å². The monoisotopic (exact) mass is 687 g/mol. The molecule has 8 aromatic rings. The van der Waals surface area contributed by atoms with Crippen molar-refractivity contribution in [1.29, 1.82) is 0 Å². The largest absolute Gasteiger partial charge is 0.310 e. The topological polar surface area (TPSA) is 3.24 Å². The second-order valence-electron chi connectivity index (χ2n) is 14.1. The molecule has 0 atom stereocenters. The minimum Gasteiger partial charge on any atom is -0.310 e. The molecule has 0 amide bonds. The van der Waals surface area contributed by atoms with E-state index in [0.29, 0.717) is 0 Å². The van der Waals surface area contributed by atoms with Crippen LogP contribution in [0.3, 0.4) is 0 Å². The summed E-state index contributed by atoms with van der Waals surface area (Å²) >= 11 is 0. The van der Waals surface area contributed by atoms with Gasteiger partial charge in [0.05, 0.1) is 5.41 Å². The molecule has 10 rings (SSSR count). The van der Waals surface area contributed by atoms with Crippen LogP contribution in [0.2, 0.25) is 0 Å². The van der Waals surface area contributed by atoms with Crippen LogP contribution in [-0.2, 0) is 5.41 Å². The van der Waals surface area contributed by atoms with E-state index in [0.717, 1.165) is 17.1 Å². The molecule has 0 saturated heterocycles. The first-order valence-corrected chi connectivity index (χ1v) is 18.7. The molecule has 0 bridgehead atoms. The van der Waals surface area contributed by atoms with Crippen LogP contribution >= 0.6 is 0 Å². The first kappa shape index (κ1) is 31.7. The van der Waals surface area contributed by atoms with Gasteiger partial charge in [0.1, 0.15) is 0 Å². The number of anilines is 3. The third kappa shape index (κ3) is 5.17. The normalized spacial score (nSPS) is 12.9. The SMILES string of the molecule is C1=Cc2ccc(N(c3ccccc3)c3ccccc3)cc2C2(c3cc(C=C(c4ccccc4)c4ccccc4)ccc31)c1ccccc1-c1ccccc12. The first-order valence-electron chi connectivity index (χ1n) is 18.7. The van der Waals surface area contributed by atoms with E-state index in [1.807, 2.05) is 0 Å². The molecule has 1 nitrogen and oxygen atoms in total. The van der Waals surface area contributed by atoms with Gasteiger partial charge in [-0.1, -0.05) is 176 Å². The summed E-state index contributed by atoms with van der Waals surface area (Å²) in [4.78, 5) is 2.38. The van der Waals surface area contributed by atoms with E-state index in [9.17, 15) is 0 Å². The Hall–Kier alpha value is -6.96. The van der Waals surface area contributed by atoms with Crippen LogP contribution < -0.4 is 4.90 Å². The van der Waals surface area contributed by atoms with E-state index >= 15 is 0 Å². The van der Waals surface area contributed by atoms with Crippen molar-refractivity contribution in [3.05, 3.63) is 256 Å². The molecule has 0 unspecified atom stereocenters. The molecule has 0 aromatic heterocycles. The minimum atomic E-state index is -0.570. The molecule has 2 aliphatic rings. The average molecular weight is 688 g/mol. The lowest BCUT2D eigenvalue weighted by atomic mass is 9.65. The second-order valence-corrected chi connectivity index (χ2v) is 14.1. The number of hydrogen-bond acceptors (Lipinski definition) is 1. The quantitative estimate of drug-likeness (QED) is 0.157. The molecule has 2 aliphatic carbocycles. The van der Waals surface area contributed by atoms with Crippen LogP contribution in [0.25, 0.3) is 34.9 Å². The van der Waals surface area contributed by atoms with Gasteiger partial charge in [-0.05, 0) is 115 Å². The Balaban J connectivity index is 1.27. The van der Waals surface area contributed by atoms with Crippen molar-refractivity contribution in [3.63, 3.8) is 0 Å². The maximum absolute atomic E-state index is 2.46. The van der Waals surface area contributed by atoms with Crippen molar-refractivity contribution < 1.29 is 0 Å². The van der Waals surface area contributed by atoms with Gasteiger partial charge in [-0.15, -0.1) is 0 Å². The highest BCUT2D eigenvalue weighted by Crippen LogP contribution is 2.59. The standard InChI is InChI=1S/C53H37N/c1-5-17-39(18-6-1)48(40-19-7-2-8-20-40)35-38-29-30-41-31-32-42-33-34-45(54(43-21-9-3-10-22-43)44-23-11-4-12-24-44)37-52(42)53(51(41)36-38)49-27-15-13-25-46(49)47-26-14-16-28-50(47)53/h1-37H. The highest BCUT2D eigenvalue weighted by molar-refractivity contribution is 5.95. The highest BCUT2D eigenvalue weighted by atomic mass is 15.1. The molecule has 1 heteroatoms. The van der Waals surface area contributed by atoms with Crippen LogP contribution in [0.4, 0.5) is 17.1 Å². The Labute approximate surface area is 317 Å². The predicted molar refractivity (Wildman–Crippen MR) is 227 cm³/mol. The number of benzene rings is 8. The molecular weight excluding hydrogens is 651 g/mol. The van der Waals surface area contributed by atoms with Crippen molar-refractivity contribution in [2.75, 3.05) is 4.90 Å². The smallest absolute Gasteiger partial charge is 0.0726 e. The zero-order valence-corrected chi connectivity index (χ0v) is 29.8. The van der Waals surface area contributed by atoms with Gasteiger partial charge in [-0.2, -0.15) is 0 Å². The zero-order valence-electron chi connectivity index (χ0n) is 29.8. The third-order valence-electron chi connectivity index (χ3n) is 11.1. The van der Waals surface area contributed by atoms with E-state index in [1.165, 1.54) is 66.8 Å². The lowest BCUT2D eigenvalue weighted by molar-refractivity contribution is 0.766. The van der Waals surface area contributed by atoms with Crippen LogP contribution in [0, 0.1) is 0 Å². The first-order chi connectivity index (χ1) is 26.8. The summed E-state index contributed by atoms with van der Waals surface area (Å²) < 4.78 is 0. The van der Waals surface area contributed by atoms with Gasteiger partial charge < -0.3 is 4.90 Å². The van der Waals surface area contributed by atoms with Crippen molar-refractivity contribution >= 4 is 40.9 Å². The minimum absolute atomic E-state index is 0.570. The summed E-state index contributed by atoms with van der Waals surface area (Å²) in [6, 6.07) is 75.1. The highest BCUT2D eigenvalue weighted by Gasteiger charge is 2.48. The van der Waals surface area contributed by atoms with Gasteiger partial charge in [-0.3, -0.25) is 0 Å². The summed E-state index contributed by atoms with van der Waals surface area (Å²) in [6.07, 6.45) is 7.01. The van der Waals surface area contributed by atoms with Crippen LogP contribution in [0.5, 0.6) is 0 Å². The molecule has 0 saturated carbocycles. The Bertz CT molecular complexity index is 2560. The van der Waals surface area contributed by atoms with E-state index in [2.05, 4.69) is 229 Å². The number of hydrogen-bond donors (Lipinski definition) is 0. The number of nitrogens with zero attached hydrogens (tertiary/aromatic N) is 1. The molecule has 0 fully saturated rings. The van der Waals surface area contributed by atoms with E-state index in [-0.39, 0.29) is 0 Å². The van der Waals surface area contributed by atoms with Crippen LogP contribution in [0.1, 0.15) is 50.1 Å². The van der Waals surface area contributed by atoms with E-state index < -0.39 is 5.41 Å². The van der Waals surface area contributed by atoms with Crippen molar-refractivity contribution in [2.45, 2.75) is 5.41 Å². The molecule has 54 heavy (non-hydrogen) atoms. The molecule has 0 aliphatic heterocycles. The number of rotatable bonds is 6.